The lowest BCUT2D eigenvalue weighted by Gasteiger charge is -2.42. The van der Waals surface area contributed by atoms with Crippen LogP contribution >= 0.6 is 0 Å². The van der Waals surface area contributed by atoms with Crippen LogP contribution in [0.3, 0.4) is 0 Å². The molecule has 6 nitrogen and oxygen atoms in total. The zero-order chi connectivity index (χ0) is 28.1. The minimum atomic E-state index is -0.819. The Balaban J connectivity index is 1.13. The zero-order valence-corrected chi connectivity index (χ0v) is 23.7. The van der Waals surface area contributed by atoms with Crippen molar-refractivity contribution in [2.75, 3.05) is 19.6 Å². The molecule has 3 atom stereocenters. The molecular weight excluding hydrogens is 500 g/mol. The first-order chi connectivity index (χ1) is 19.3. The third kappa shape index (κ3) is 6.64. The molecule has 0 bridgehead atoms. The van der Waals surface area contributed by atoms with E-state index < -0.39 is 17.7 Å². The highest BCUT2D eigenvalue weighted by molar-refractivity contribution is 5.91. The summed E-state index contributed by atoms with van der Waals surface area (Å²) >= 11 is 0. The first kappa shape index (κ1) is 28.5. The summed E-state index contributed by atoms with van der Waals surface area (Å²) in [5, 5.41) is 22.2. The van der Waals surface area contributed by atoms with Gasteiger partial charge in [-0.3, -0.25) is 9.80 Å². The predicted molar refractivity (Wildman–Crippen MR) is 157 cm³/mol. The number of esters is 1. The van der Waals surface area contributed by atoms with Crippen molar-refractivity contribution in [1.82, 2.24) is 9.80 Å². The smallest absolute Gasteiger partial charge is 0.343 e. The van der Waals surface area contributed by atoms with E-state index in [0.717, 1.165) is 24.2 Å². The number of nitrogens with zero attached hydrogens (tertiary/aromatic N) is 2. The van der Waals surface area contributed by atoms with Crippen LogP contribution in [0.15, 0.2) is 78.9 Å². The Bertz CT molecular complexity index is 1240. The lowest BCUT2D eigenvalue weighted by molar-refractivity contribution is -0.0501. The SMILES string of the molecule is CC1CCCCN1Cc1ccc(C(=O)Oc2ccc([C@H](O)[C@H](C)N3CCC(O)(c4ccccc4)CC3)cc2)cc1. The van der Waals surface area contributed by atoms with Gasteiger partial charge in [0.1, 0.15) is 5.75 Å². The largest absolute Gasteiger partial charge is 0.423 e. The molecule has 0 amide bonds. The number of rotatable bonds is 8. The summed E-state index contributed by atoms with van der Waals surface area (Å²) in [5.74, 6) is 0.0597. The zero-order valence-electron chi connectivity index (χ0n) is 23.7. The Kier molecular flexibility index (Phi) is 9.01. The molecule has 0 aromatic heterocycles. The van der Waals surface area contributed by atoms with Crippen LogP contribution in [0.4, 0.5) is 0 Å². The van der Waals surface area contributed by atoms with Crippen LogP contribution in [0.2, 0.25) is 0 Å². The van der Waals surface area contributed by atoms with Gasteiger partial charge < -0.3 is 14.9 Å². The molecule has 40 heavy (non-hydrogen) atoms. The fraction of sp³-hybridized carbons (Fsp3) is 0.441. The predicted octanol–water partition coefficient (Wildman–Crippen LogP) is 5.69. The topological polar surface area (TPSA) is 73.2 Å². The second-order valence-corrected chi connectivity index (χ2v) is 11.6. The highest BCUT2D eigenvalue weighted by Crippen LogP contribution is 2.35. The molecule has 2 aliphatic heterocycles. The normalized spacial score (nSPS) is 21.4. The van der Waals surface area contributed by atoms with Crippen LogP contribution < -0.4 is 4.74 Å². The van der Waals surface area contributed by atoms with E-state index in [1.54, 1.807) is 12.1 Å². The van der Waals surface area contributed by atoms with Gasteiger partial charge in [-0.25, -0.2) is 4.79 Å². The molecule has 2 saturated heterocycles. The van der Waals surface area contributed by atoms with Crippen molar-refractivity contribution >= 4 is 5.97 Å². The van der Waals surface area contributed by atoms with E-state index in [4.69, 9.17) is 4.74 Å². The van der Waals surface area contributed by atoms with Gasteiger partial charge in [-0.15, -0.1) is 0 Å². The third-order valence-corrected chi connectivity index (χ3v) is 8.92. The van der Waals surface area contributed by atoms with E-state index in [9.17, 15) is 15.0 Å². The summed E-state index contributed by atoms with van der Waals surface area (Å²) in [5.41, 5.74) is 2.63. The molecule has 2 fully saturated rings. The summed E-state index contributed by atoms with van der Waals surface area (Å²) in [6, 6.07) is 25.1. The number of benzene rings is 3. The van der Waals surface area contributed by atoms with Gasteiger partial charge >= 0.3 is 5.97 Å². The number of likely N-dealkylation sites (tertiary alicyclic amines) is 2. The Morgan fingerprint density at radius 1 is 0.950 bits per heavy atom. The van der Waals surface area contributed by atoms with E-state index in [-0.39, 0.29) is 6.04 Å². The van der Waals surface area contributed by atoms with Gasteiger partial charge in [0, 0.05) is 31.7 Å². The third-order valence-electron chi connectivity index (χ3n) is 8.92. The number of hydrogen-bond donors (Lipinski definition) is 2. The second kappa shape index (κ2) is 12.6. The fourth-order valence-corrected chi connectivity index (χ4v) is 6.09. The maximum Gasteiger partial charge on any atom is 0.343 e. The number of carbonyl (C=O) groups excluding carboxylic acids is 1. The van der Waals surface area contributed by atoms with Crippen LogP contribution in [0.25, 0.3) is 0 Å². The van der Waals surface area contributed by atoms with Gasteiger partial charge in [0.15, 0.2) is 0 Å². The van der Waals surface area contributed by atoms with Crippen LogP contribution in [-0.2, 0) is 12.1 Å². The lowest BCUT2D eigenvalue weighted by atomic mass is 9.83. The molecule has 2 N–H and O–H groups in total. The number of hydrogen-bond acceptors (Lipinski definition) is 6. The van der Waals surface area contributed by atoms with Crippen LogP contribution in [0, 0.1) is 0 Å². The Morgan fingerprint density at radius 2 is 1.62 bits per heavy atom. The Labute approximate surface area is 238 Å². The molecule has 212 valence electrons. The van der Waals surface area contributed by atoms with Crippen molar-refractivity contribution in [1.29, 1.82) is 0 Å². The van der Waals surface area contributed by atoms with Gasteiger partial charge in [-0.2, -0.15) is 0 Å². The molecular formula is C34H42N2O4. The van der Waals surface area contributed by atoms with E-state index >= 15 is 0 Å². The van der Waals surface area contributed by atoms with E-state index in [1.807, 2.05) is 73.7 Å². The van der Waals surface area contributed by atoms with E-state index in [2.05, 4.69) is 16.7 Å². The number of aliphatic hydroxyl groups is 2. The van der Waals surface area contributed by atoms with Crippen molar-refractivity contribution < 1.29 is 19.7 Å². The summed E-state index contributed by atoms with van der Waals surface area (Å²) in [6.07, 6.45) is 4.36. The minimum Gasteiger partial charge on any atom is -0.423 e. The quantitative estimate of drug-likeness (QED) is 0.282. The van der Waals surface area contributed by atoms with Gasteiger partial charge in [-0.05, 0) is 87.0 Å². The summed E-state index contributed by atoms with van der Waals surface area (Å²) in [4.78, 5) is 17.5. The molecule has 2 heterocycles. The highest BCUT2D eigenvalue weighted by Gasteiger charge is 2.36. The van der Waals surface area contributed by atoms with Crippen LogP contribution in [-0.4, -0.2) is 57.7 Å². The fourth-order valence-electron chi connectivity index (χ4n) is 6.09. The second-order valence-electron chi connectivity index (χ2n) is 11.6. The maximum atomic E-state index is 12.7. The van der Waals surface area contributed by atoms with Crippen LogP contribution in [0.1, 0.15) is 79.1 Å². The average molecular weight is 543 g/mol. The number of ether oxygens (including phenoxy) is 1. The van der Waals surface area contributed by atoms with Gasteiger partial charge in [0.05, 0.1) is 17.3 Å². The number of carbonyl (C=O) groups is 1. The molecule has 3 aromatic rings. The molecule has 0 aliphatic carbocycles. The maximum absolute atomic E-state index is 12.7. The summed E-state index contributed by atoms with van der Waals surface area (Å²) in [7, 11) is 0. The number of piperidine rings is 2. The first-order valence-corrected chi connectivity index (χ1v) is 14.7. The molecule has 5 rings (SSSR count). The molecule has 1 unspecified atom stereocenters. The average Bonchev–Trinajstić information content (AvgIpc) is 2.99. The van der Waals surface area contributed by atoms with E-state index in [0.29, 0.717) is 43.3 Å². The standard InChI is InChI=1S/C34H42N2O4/c1-25-8-6-7-21-36(25)24-27-11-13-29(14-12-27)33(38)40-31-17-15-28(16-18-31)32(37)26(2)35-22-19-34(39,20-23-35)30-9-4-3-5-10-30/h3-5,9-18,25-26,32,37,39H,6-8,19-24H2,1-2H3/t25?,26-,32+/m0/s1. The lowest BCUT2D eigenvalue weighted by Crippen LogP contribution is -2.47. The van der Waals surface area contributed by atoms with Gasteiger partial charge in [-0.1, -0.05) is 61.0 Å². The van der Waals surface area contributed by atoms with Crippen molar-refractivity contribution in [2.45, 2.75) is 76.3 Å². The molecule has 0 saturated carbocycles. The monoisotopic (exact) mass is 542 g/mol. The van der Waals surface area contributed by atoms with Crippen LogP contribution in [0.5, 0.6) is 5.75 Å². The molecule has 0 radical (unpaired) electrons. The summed E-state index contributed by atoms with van der Waals surface area (Å²) in [6.45, 7) is 7.75. The van der Waals surface area contributed by atoms with Gasteiger partial charge in [0.25, 0.3) is 0 Å². The van der Waals surface area contributed by atoms with E-state index in [1.165, 1.54) is 24.8 Å². The summed E-state index contributed by atoms with van der Waals surface area (Å²) < 4.78 is 5.61. The molecule has 0 spiro atoms. The minimum absolute atomic E-state index is 0.111. The van der Waals surface area contributed by atoms with Crippen molar-refractivity contribution in [3.8, 4) is 5.75 Å². The van der Waals surface area contributed by atoms with Crippen molar-refractivity contribution in [2.24, 2.45) is 0 Å². The van der Waals surface area contributed by atoms with Crippen molar-refractivity contribution in [3.05, 3.63) is 101 Å². The molecule has 6 heteroatoms. The Hall–Kier alpha value is -3.03. The van der Waals surface area contributed by atoms with Gasteiger partial charge in [0.2, 0.25) is 0 Å². The molecule has 3 aromatic carbocycles. The van der Waals surface area contributed by atoms with Crippen molar-refractivity contribution in [3.63, 3.8) is 0 Å². The highest BCUT2D eigenvalue weighted by atomic mass is 16.5. The number of aliphatic hydroxyl groups excluding tert-OH is 1. The first-order valence-electron chi connectivity index (χ1n) is 14.7. The Morgan fingerprint density at radius 3 is 2.27 bits per heavy atom. The molecule has 2 aliphatic rings.